The van der Waals surface area contributed by atoms with E-state index in [2.05, 4.69) is 14.9 Å². The Morgan fingerprint density at radius 2 is 2.38 bits per heavy atom. The molecule has 0 bridgehead atoms. The molecule has 90 valence electrons. The summed E-state index contributed by atoms with van der Waals surface area (Å²) in [6, 6.07) is 0. The molecule has 0 aromatic carbocycles. The molecule has 16 heavy (non-hydrogen) atoms. The zero-order valence-corrected chi connectivity index (χ0v) is 10.5. The number of nitrogens with zero attached hydrogens (tertiary/aromatic N) is 2. The number of carbonyl (C=O) groups excluding carboxylic acids is 1. The molecule has 0 aliphatic heterocycles. The minimum atomic E-state index is -0.188. The van der Waals surface area contributed by atoms with Gasteiger partial charge in [0.1, 0.15) is 0 Å². The maximum Gasteiger partial charge on any atom is 0.309 e. The van der Waals surface area contributed by atoms with Crippen LogP contribution in [0.4, 0.5) is 0 Å². The van der Waals surface area contributed by atoms with E-state index in [4.69, 9.17) is 4.52 Å². The van der Waals surface area contributed by atoms with Crippen molar-refractivity contribution in [1.29, 1.82) is 0 Å². The average Bonchev–Trinajstić information content (AvgIpc) is 2.75. The van der Waals surface area contributed by atoms with Crippen LogP contribution in [0.25, 0.3) is 0 Å². The third-order valence-corrected chi connectivity index (χ3v) is 3.21. The highest BCUT2D eigenvalue weighted by Crippen LogP contribution is 2.15. The summed E-state index contributed by atoms with van der Waals surface area (Å²) in [6.45, 7) is 3.81. The number of aryl methyl sites for hydroxylation is 1. The summed E-state index contributed by atoms with van der Waals surface area (Å²) in [5.41, 5.74) is 0. The van der Waals surface area contributed by atoms with Crippen molar-refractivity contribution in [3.05, 3.63) is 11.7 Å². The van der Waals surface area contributed by atoms with Crippen molar-refractivity contribution in [2.75, 3.05) is 12.9 Å². The maximum absolute atomic E-state index is 11.1. The number of methoxy groups -OCH3 is 1. The van der Waals surface area contributed by atoms with Gasteiger partial charge in [0.25, 0.3) is 0 Å². The van der Waals surface area contributed by atoms with E-state index in [1.165, 1.54) is 7.11 Å². The zero-order valence-electron chi connectivity index (χ0n) is 9.73. The molecular formula is C10H16N2O3S. The lowest BCUT2D eigenvalue weighted by atomic mass is 10.2. The number of esters is 1. The van der Waals surface area contributed by atoms with Crippen LogP contribution in [0.2, 0.25) is 0 Å². The van der Waals surface area contributed by atoms with Gasteiger partial charge < -0.3 is 9.26 Å². The van der Waals surface area contributed by atoms with Crippen LogP contribution >= 0.6 is 11.8 Å². The number of ether oxygens (including phenoxy) is 1. The molecular weight excluding hydrogens is 228 g/mol. The molecule has 1 aromatic heterocycles. The van der Waals surface area contributed by atoms with E-state index in [1.807, 2.05) is 13.8 Å². The Bertz CT molecular complexity index is 341. The van der Waals surface area contributed by atoms with E-state index in [0.717, 1.165) is 12.2 Å². The number of hydrogen-bond donors (Lipinski definition) is 0. The highest BCUT2D eigenvalue weighted by molar-refractivity contribution is 7.98. The van der Waals surface area contributed by atoms with Crippen LogP contribution in [0.15, 0.2) is 4.52 Å². The molecule has 0 aliphatic rings. The van der Waals surface area contributed by atoms with Crippen molar-refractivity contribution in [3.8, 4) is 0 Å². The predicted molar refractivity (Wildman–Crippen MR) is 61.0 cm³/mol. The first-order valence-corrected chi connectivity index (χ1v) is 6.29. The third kappa shape index (κ3) is 3.84. The predicted octanol–water partition coefficient (Wildman–Crippen LogP) is 1.67. The summed E-state index contributed by atoms with van der Waals surface area (Å²) < 4.78 is 9.66. The standard InChI is InChI=1S/C10H16N2O3S/c1-4-8-11-9(15-12-8)6-16-5-7(2)10(13)14-3/h7H,4-6H2,1-3H3. The van der Waals surface area contributed by atoms with Gasteiger partial charge in [0.05, 0.1) is 18.8 Å². The summed E-state index contributed by atoms with van der Waals surface area (Å²) in [7, 11) is 1.40. The van der Waals surface area contributed by atoms with Crippen LogP contribution in [0, 0.1) is 5.92 Å². The molecule has 6 heteroatoms. The van der Waals surface area contributed by atoms with Gasteiger partial charge in [0, 0.05) is 12.2 Å². The lowest BCUT2D eigenvalue weighted by Gasteiger charge is -2.06. The Morgan fingerprint density at radius 1 is 1.62 bits per heavy atom. The molecule has 0 saturated heterocycles. The van der Waals surface area contributed by atoms with E-state index in [-0.39, 0.29) is 11.9 Å². The summed E-state index contributed by atoms with van der Waals surface area (Å²) in [5.74, 6) is 2.36. The largest absolute Gasteiger partial charge is 0.469 e. The van der Waals surface area contributed by atoms with Crippen LogP contribution in [0.3, 0.4) is 0 Å². The van der Waals surface area contributed by atoms with E-state index in [9.17, 15) is 4.79 Å². The number of rotatable bonds is 6. The second-order valence-electron chi connectivity index (χ2n) is 3.40. The summed E-state index contributed by atoms with van der Waals surface area (Å²) in [6.07, 6.45) is 0.771. The van der Waals surface area contributed by atoms with Crippen molar-refractivity contribution in [1.82, 2.24) is 10.1 Å². The van der Waals surface area contributed by atoms with Crippen molar-refractivity contribution < 1.29 is 14.1 Å². The van der Waals surface area contributed by atoms with Crippen LogP contribution in [-0.4, -0.2) is 29.0 Å². The molecule has 0 fully saturated rings. The highest BCUT2D eigenvalue weighted by atomic mass is 32.2. The monoisotopic (exact) mass is 244 g/mol. The first-order chi connectivity index (χ1) is 7.67. The van der Waals surface area contributed by atoms with E-state index in [0.29, 0.717) is 17.4 Å². The van der Waals surface area contributed by atoms with Gasteiger partial charge in [0.2, 0.25) is 5.89 Å². The topological polar surface area (TPSA) is 65.2 Å². The second kappa shape index (κ2) is 6.52. The fourth-order valence-electron chi connectivity index (χ4n) is 1.08. The van der Waals surface area contributed by atoms with Crippen LogP contribution < -0.4 is 0 Å². The van der Waals surface area contributed by atoms with Crippen LogP contribution in [-0.2, 0) is 21.7 Å². The molecule has 5 nitrogen and oxygen atoms in total. The van der Waals surface area contributed by atoms with Gasteiger partial charge in [-0.05, 0) is 0 Å². The Hall–Kier alpha value is -1.04. The van der Waals surface area contributed by atoms with Crippen molar-refractivity contribution in [3.63, 3.8) is 0 Å². The van der Waals surface area contributed by atoms with Gasteiger partial charge in [-0.15, -0.1) is 0 Å². The zero-order chi connectivity index (χ0) is 12.0. The highest BCUT2D eigenvalue weighted by Gasteiger charge is 2.13. The Morgan fingerprint density at radius 3 is 2.94 bits per heavy atom. The van der Waals surface area contributed by atoms with E-state index < -0.39 is 0 Å². The lowest BCUT2D eigenvalue weighted by Crippen LogP contribution is -2.14. The number of thioether (sulfide) groups is 1. The van der Waals surface area contributed by atoms with Crippen LogP contribution in [0.1, 0.15) is 25.6 Å². The number of carbonyl (C=O) groups is 1. The van der Waals surface area contributed by atoms with Crippen LogP contribution in [0.5, 0.6) is 0 Å². The van der Waals surface area contributed by atoms with E-state index >= 15 is 0 Å². The van der Waals surface area contributed by atoms with E-state index in [1.54, 1.807) is 11.8 Å². The average molecular weight is 244 g/mol. The van der Waals surface area contributed by atoms with Crippen molar-refractivity contribution in [2.45, 2.75) is 26.0 Å². The molecule has 1 rings (SSSR count). The van der Waals surface area contributed by atoms with Gasteiger partial charge in [-0.1, -0.05) is 19.0 Å². The van der Waals surface area contributed by atoms with Gasteiger partial charge in [0.15, 0.2) is 5.82 Å². The molecule has 0 radical (unpaired) electrons. The molecule has 1 aromatic rings. The SMILES string of the molecule is CCc1noc(CSCC(C)C(=O)OC)n1. The minimum absolute atomic E-state index is 0.108. The molecule has 1 unspecified atom stereocenters. The van der Waals surface area contributed by atoms with Gasteiger partial charge in [-0.2, -0.15) is 16.7 Å². The Kier molecular flexibility index (Phi) is 5.31. The number of aromatic nitrogens is 2. The third-order valence-electron chi connectivity index (χ3n) is 2.02. The molecule has 1 heterocycles. The summed E-state index contributed by atoms with van der Waals surface area (Å²) >= 11 is 1.58. The molecule has 0 saturated carbocycles. The normalized spacial score (nSPS) is 12.4. The minimum Gasteiger partial charge on any atom is -0.469 e. The summed E-state index contributed by atoms with van der Waals surface area (Å²) in [5, 5.41) is 3.79. The van der Waals surface area contributed by atoms with Gasteiger partial charge in [-0.25, -0.2) is 0 Å². The molecule has 0 N–H and O–H groups in total. The Labute approximate surface area is 98.9 Å². The van der Waals surface area contributed by atoms with Gasteiger partial charge >= 0.3 is 5.97 Å². The molecule has 0 aliphatic carbocycles. The Balaban J connectivity index is 2.27. The molecule has 0 spiro atoms. The first-order valence-electron chi connectivity index (χ1n) is 5.14. The second-order valence-corrected chi connectivity index (χ2v) is 4.43. The number of hydrogen-bond acceptors (Lipinski definition) is 6. The fourth-order valence-corrected chi connectivity index (χ4v) is 1.98. The molecule has 0 amide bonds. The maximum atomic E-state index is 11.1. The summed E-state index contributed by atoms with van der Waals surface area (Å²) in [4.78, 5) is 15.3. The van der Waals surface area contributed by atoms with Gasteiger partial charge in [-0.3, -0.25) is 4.79 Å². The van der Waals surface area contributed by atoms with Crippen molar-refractivity contribution >= 4 is 17.7 Å². The smallest absolute Gasteiger partial charge is 0.309 e. The molecule has 1 atom stereocenters. The van der Waals surface area contributed by atoms with Crippen molar-refractivity contribution in [2.24, 2.45) is 5.92 Å². The fraction of sp³-hybridized carbons (Fsp3) is 0.700. The lowest BCUT2D eigenvalue weighted by molar-refractivity contribution is -0.143. The quantitative estimate of drug-likeness (QED) is 0.709. The first kappa shape index (κ1) is 13.0.